The number of para-hydroxylation sites is 1. The molecule has 2 rings (SSSR count). The fourth-order valence-electron chi connectivity index (χ4n) is 2.12. The Morgan fingerprint density at radius 3 is 2.79 bits per heavy atom. The Morgan fingerprint density at radius 2 is 1.89 bits per heavy atom. The van der Waals surface area contributed by atoms with Crippen molar-refractivity contribution in [2.24, 2.45) is 0 Å². The van der Waals surface area contributed by atoms with Crippen LogP contribution in [0.25, 0.3) is 10.9 Å². The summed E-state index contributed by atoms with van der Waals surface area (Å²) in [4.78, 5) is 4.42. The molecule has 0 atom stereocenters. The molecule has 0 radical (unpaired) electrons. The van der Waals surface area contributed by atoms with E-state index in [2.05, 4.69) is 35.9 Å². The summed E-state index contributed by atoms with van der Waals surface area (Å²) in [5.41, 5.74) is 2.06. The van der Waals surface area contributed by atoms with E-state index in [1.54, 1.807) is 0 Å². The zero-order chi connectivity index (χ0) is 13.3. The first-order valence-electron chi connectivity index (χ1n) is 7.24. The maximum absolute atomic E-state index is 4.42. The van der Waals surface area contributed by atoms with Crippen molar-refractivity contribution >= 4 is 10.9 Å². The highest BCUT2D eigenvalue weighted by atomic mass is 14.6. The number of aromatic nitrogens is 1. The molecule has 0 N–H and O–H groups in total. The van der Waals surface area contributed by atoms with Gasteiger partial charge < -0.3 is 0 Å². The Morgan fingerprint density at radius 1 is 1.05 bits per heavy atom. The molecule has 0 aliphatic heterocycles. The summed E-state index contributed by atoms with van der Waals surface area (Å²) in [7, 11) is 0. The predicted octanol–water partition coefficient (Wildman–Crippen LogP) is 4.95. The Labute approximate surface area is 116 Å². The van der Waals surface area contributed by atoms with Gasteiger partial charge in [-0.15, -0.1) is 0 Å². The zero-order valence-electron chi connectivity index (χ0n) is 11.7. The largest absolute Gasteiger partial charge is 0.255 e. The van der Waals surface area contributed by atoms with Crippen LogP contribution in [0.15, 0.2) is 36.5 Å². The smallest absolute Gasteiger partial charge is 0.0702 e. The zero-order valence-corrected chi connectivity index (χ0v) is 11.7. The third kappa shape index (κ3) is 4.41. The molecule has 0 unspecified atom stereocenters. The molecule has 1 aromatic heterocycles. The van der Waals surface area contributed by atoms with Crippen molar-refractivity contribution in [3.8, 4) is 11.8 Å². The van der Waals surface area contributed by atoms with E-state index in [1.807, 2.05) is 24.4 Å². The number of rotatable bonds is 5. The minimum Gasteiger partial charge on any atom is -0.255 e. The van der Waals surface area contributed by atoms with Crippen LogP contribution in [-0.4, -0.2) is 4.98 Å². The van der Waals surface area contributed by atoms with Gasteiger partial charge in [-0.1, -0.05) is 62.6 Å². The van der Waals surface area contributed by atoms with Crippen molar-refractivity contribution in [1.29, 1.82) is 0 Å². The van der Waals surface area contributed by atoms with Crippen LogP contribution in [0.1, 0.15) is 51.0 Å². The minimum absolute atomic E-state index is 0.997. The average Bonchev–Trinajstić information content (AvgIpc) is 2.46. The molecule has 98 valence electrons. The van der Waals surface area contributed by atoms with E-state index in [-0.39, 0.29) is 0 Å². The van der Waals surface area contributed by atoms with Gasteiger partial charge in [0, 0.05) is 23.6 Å². The van der Waals surface area contributed by atoms with Gasteiger partial charge in [-0.05, 0) is 18.6 Å². The van der Waals surface area contributed by atoms with Gasteiger partial charge in [0.05, 0.1) is 5.52 Å². The van der Waals surface area contributed by atoms with Crippen LogP contribution in [-0.2, 0) is 0 Å². The number of hydrogen-bond donors (Lipinski definition) is 0. The van der Waals surface area contributed by atoms with Gasteiger partial charge in [0.1, 0.15) is 0 Å². The van der Waals surface area contributed by atoms with Gasteiger partial charge in [0.15, 0.2) is 0 Å². The number of benzene rings is 1. The number of unbranched alkanes of at least 4 members (excludes halogenated alkanes) is 5. The van der Waals surface area contributed by atoms with E-state index in [0.29, 0.717) is 0 Å². The fourth-order valence-corrected chi connectivity index (χ4v) is 2.12. The molecule has 0 amide bonds. The van der Waals surface area contributed by atoms with Crippen molar-refractivity contribution in [1.82, 2.24) is 4.98 Å². The molecule has 0 fully saturated rings. The molecule has 0 bridgehead atoms. The monoisotopic (exact) mass is 251 g/mol. The Balaban J connectivity index is 1.87. The molecule has 0 spiro atoms. The average molecular weight is 251 g/mol. The topological polar surface area (TPSA) is 12.9 Å². The Hall–Kier alpha value is -1.81. The molecule has 1 heteroatoms. The van der Waals surface area contributed by atoms with Crippen molar-refractivity contribution in [2.45, 2.75) is 45.4 Å². The van der Waals surface area contributed by atoms with Gasteiger partial charge in [0.2, 0.25) is 0 Å². The molecule has 1 nitrogen and oxygen atoms in total. The third-order valence-electron chi connectivity index (χ3n) is 3.23. The number of hydrogen-bond acceptors (Lipinski definition) is 1. The van der Waals surface area contributed by atoms with E-state index in [1.165, 1.54) is 32.1 Å². The lowest BCUT2D eigenvalue weighted by Crippen LogP contribution is -1.81. The van der Waals surface area contributed by atoms with Crippen molar-refractivity contribution in [2.75, 3.05) is 0 Å². The summed E-state index contributed by atoms with van der Waals surface area (Å²) in [6.45, 7) is 2.24. The van der Waals surface area contributed by atoms with Gasteiger partial charge in [0.25, 0.3) is 0 Å². The number of nitrogens with zero attached hydrogens (tertiary/aromatic N) is 1. The lowest BCUT2D eigenvalue weighted by molar-refractivity contribution is 0.641. The Kier molecular flexibility index (Phi) is 5.44. The summed E-state index contributed by atoms with van der Waals surface area (Å²) in [6.07, 6.45) is 9.38. The molecular formula is C18H21N. The van der Waals surface area contributed by atoms with Crippen LogP contribution in [0.3, 0.4) is 0 Å². The van der Waals surface area contributed by atoms with E-state index in [4.69, 9.17) is 0 Å². The molecular weight excluding hydrogens is 230 g/mol. The molecule has 19 heavy (non-hydrogen) atoms. The van der Waals surface area contributed by atoms with Crippen LogP contribution in [0.2, 0.25) is 0 Å². The molecule has 2 aromatic rings. The maximum atomic E-state index is 4.42. The number of fused-ring (bicyclic) bond motifs is 1. The normalized spacial score (nSPS) is 10.2. The second kappa shape index (κ2) is 7.59. The first-order chi connectivity index (χ1) is 9.40. The van der Waals surface area contributed by atoms with Crippen molar-refractivity contribution < 1.29 is 0 Å². The summed E-state index contributed by atoms with van der Waals surface area (Å²) in [5.74, 6) is 6.47. The summed E-state index contributed by atoms with van der Waals surface area (Å²) >= 11 is 0. The lowest BCUT2D eigenvalue weighted by atomic mass is 10.1. The van der Waals surface area contributed by atoms with Crippen LogP contribution in [0, 0.1) is 11.8 Å². The molecule has 0 aliphatic rings. The molecule has 0 aliphatic carbocycles. The summed E-state index contributed by atoms with van der Waals surface area (Å²) in [6, 6.07) is 10.3. The fraction of sp³-hybridized carbons (Fsp3) is 0.389. The predicted molar refractivity (Wildman–Crippen MR) is 82.0 cm³/mol. The number of pyridine rings is 1. The van der Waals surface area contributed by atoms with Crippen LogP contribution >= 0.6 is 0 Å². The van der Waals surface area contributed by atoms with Crippen LogP contribution in [0.5, 0.6) is 0 Å². The first kappa shape index (κ1) is 13.6. The second-order valence-electron chi connectivity index (χ2n) is 4.88. The van der Waals surface area contributed by atoms with Gasteiger partial charge in [-0.3, -0.25) is 4.98 Å². The lowest BCUT2D eigenvalue weighted by Gasteiger charge is -1.97. The van der Waals surface area contributed by atoms with E-state index in [9.17, 15) is 0 Å². The van der Waals surface area contributed by atoms with Crippen molar-refractivity contribution in [3.63, 3.8) is 0 Å². The minimum atomic E-state index is 0.997. The maximum Gasteiger partial charge on any atom is 0.0702 e. The summed E-state index contributed by atoms with van der Waals surface area (Å²) < 4.78 is 0. The molecule has 1 aromatic carbocycles. The first-order valence-corrected chi connectivity index (χ1v) is 7.24. The van der Waals surface area contributed by atoms with Crippen LogP contribution in [0.4, 0.5) is 0 Å². The molecule has 1 heterocycles. The molecule has 0 saturated carbocycles. The highest BCUT2D eigenvalue weighted by molar-refractivity contribution is 5.79. The van der Waals surface area contributed by atoms with Crippen LogP contribution < -0.4 is 0 Å². The molecule has 0 saturated heterocycles. The van der Waals surface area contributed by atoms with Crippen molar-refractivity contribution in [3.05, 3.63) is 42.1 Å². The quantitative estimate of drug-likeness (QED) is 0.541. The second-order valence-corrected chi connectivity index (χ2v) is 4.88. The van der Waals surface area contributed by atoms with E-state index < -0.39 is 0 Å². The van der Waals surface area contributed by atoms with Gasteiger partial charge in [-0.25, -0.2) is 0 Å². The summed E-state index contributed by atoms with van der Waals surface area (Å²) in [5, 5.41) is 1.16. The van der Waals surface area contributed by atoms with E-state index >= 15 is 0 Å². The van der Waals surface area contributed by atoms with Gasteiger partial charge in [-0.2, -0.15) is 0 Å². The van der Waals surface area contributed by atoms with E-state index in [0.717, 1.165) is 22.9 Å². The highest BCUT2D eigenvalue weighted by Crippen LogP contribution is 2.12. The SMILES string of the molecule is CCCCCCCC#Cc1cnc2ccccc2c1. The Bertz CT molecular complexity index is 575. The standard InChI is InChI=1S/C18H21N/c1-2-3-4-5-6-7-8-11-16-14-17-12-9-10-13-18(17)19-15-16/h9-10,12-15H,2-7H2,1H3. The highest BCUT2D eigenvalue weighted by Gasteiger charge is 1.94. The third-order valence-corrected chi connectivity index (χ3v) is 3.23. The van der Waals surface area contributed by atoms with Gasteiger partial charge >= 0.3 is 0 Å².